The van der Waals surface area contributed by atoms with Crippen LogP contribution in [0.25, 0.3) is 5.95 Å². The number of carbonyl (C=O) groups excluding carboxylic acids is 1. The van der Waals surface area contributed by atoms with Crippen molar-refractivity contribution in [1.82, 2.24) is 24.7 Å². The van der Waals surface area contributed by atoms with Crippen molar-refractivity contribution in [2.24, 2.45) is 0 Å². The number of nitrogens with two attached hydrogens (primary N) is 1. The van der Waals surface area contributed by atoms with Gasteiger partial charge in [-0.3, -0.25) is 4.79 Å². The van der Waals surface area contributed by atoms with Crippen molar-refractivity contribution in [3.63, 3.8) is 0 Å². The summed E-state index contributed by atoms with van der Waals surface area (Å²) in [4.78, 5) is 12.3. The second-order valence-corrected chi connectivity index (χ2v) is 7.27. The molecule has 1 amide bonds. The molecular formula is C16H16F3N7OS. The van der Waals surface area contributed by atoms with Crippen LogP contribution in [0.1, 0.15) is 18.3 Å². The summed E-state index contributed by atoms with van der Waals surface area (Å²) >= 11 is 0.960. The minimum absolute atomic E-state index is 0.218. The number of rotatable bonds is 5. The molecule has 8 nitrogen and oxygen atoms in total. The summed E-state index contributed by atoms with van der Waals surface area (Å²) in [6, 6.07) is 3.51. The van der Waals surface area contributed by atoms with Gasteiger partial charge in [0.1, 0.15) is 0 Å². The molecule has 12 heteroatoms. The Hall–Kier alpha value is -3.02. The van der Waals surface area contributed by atoms with Crippen molar-refractivity contribution in [3.8, 4) is 5.95 Å². The average molecular weight is 411 g/mol. The predicted octanol–water partition coefficient (Wildman–Crippen LogP) is 2.33. The van der Waals surface area contributed by atoms with E-state index in [1.54, 1.807) is 0 Å². The summed E-state index contributed by atoms with van der Waals surface area (Å²) in [6.45, 7) is 5.17. The number of carbonyl (C=O) groups is 1. The standard InChI is InChI=1S/C16H16F3N7OS/c1-7-6-8(2)26(24-7)15-22-23-16(25(15)20)28-9(3)14(27)21-11-5-4-10(17)12(18)13(11)19/h4-6,9H,20H2,1-3H3,(H,21,27)/t9-/m0/s1. The molecule has 0 saturated carbocycles. The van der Waals surface area contributed by atoms with Gasteiger partial charge in [0.2, 0.25) is 11.1 Å². The van der Waals surface area contributed by atoms with Crippen molar-refractivity contribution < 1.29 is 18.0 Å². The molecular weight excluding hydrogens is 395 g/mol. The van der Waals surface area contributed by atoms with Crippen molar-refractivity contribution in [1.29, 1.82) is 0 Å². The number of nitrogens with one attached hydrogen (secondary N) is 1. The van der Waals surface area contributed by atoms with E-state index in [1.807, 2.05) is 19.9 Å². The fraction of sp³-hybridized carbons (Fsp3) is 0.250. The van der Waals surface area contributed by atoms with Crippen LogP contribution in [0.4, 0.5) is 18.9 Å². The van der Waals surface area contributed by atoms with Gasteiger partial charge in [0.15, 0.2) is 17.5 Å². The number of hydrogen-bond donors (Lipinski definition) is 2. The van der Waals surface area contributed by atoms with E-state index in [0.717, 1.165) is 35.3 Å². The maximum atomic E-state index is 13.7. The van der Waals surface area contributed by atoms with Crippen LogP contribution in [-0.2, 0) is 4.79 Å². The molecule has 0 fully saturated rings. The van der Waals surface area contributed by atoms with E-state index in [2.05, 4.69) is 20.6 Å². The molecule has 1 aromatic carbocycles. The number of hydrogen-bond acceptors (Lipinski definition) is 6. The van der Waals surface area contributed by atoms with Crippen LogP contribution >= 0.6 is 11.8 Å². The highest BCUT2D eigenvalue weighted by Crippen LogP contribution is 2.25. The lowest BCUT2D eigenvalue weighted by molar-refractivity contribution is -0.115. The van der Waals surface area contributed by atoms with Gasteiger partial charge in [-0.2, -0.15) is 5.10 Å². The second-order valence-electron chi connectivity index (χ2n) is 5.96. The van der Waals surface area contributed by atoms with Crippen LogP contribution in [0, 0.1) is 31.3 Å². The zero-order valence-corrected chi connectivity index (χ0v) is 15.9. The molecule has 2 aromatic heterocycles. The van der Waals surface area contributed by atoms with Crippen LogP contribution in [0.2, 0.25) is 0 Å². The zero-order chi connectivity index (χ0) is 20.6. The molecule has 28 heavy (non-hydrogen) atoms. The van der Waals surface area contributed by atoms with Gasteiger partial charge < -0.3 is 11.2 Å². The lowest BCUT2D eigenvalue weighted by atomic mass is 10.2. The van der Waals surface area contributed by atoms with Crippen LogP contribution in [0.5, 0.6) is 0 Å². The van der Waals surface area contributed by atoms with Gasteiger partial charge in [0.05, 0.1) is 16.6 Å². The highest BCUT2D eigenvalue weighted by Gasteiger charge is 2.23. The number of nitrogens with zero attached hydrogens (tertiary/aromatic N) is 5. The molecule has 1 atom stereocenters. The van der Waals surface area contributed by atoms with Crippen molar-refractivity contribution >= 4 is 23.4 Å². The van der Waals surface area contributed by atoms with Crippen LogP contribution < -0.4 is 11.2 Å². The van der Waals surface area contributed by atoms with E-state index < -0.39 is 34.3 Å². The van der Waals surface area contributed by atoms with Gasteiger partial charge in [-0.25, -0.2) is 22.5 Å². The molecule has 0 unspecified atom stereocenters. The minimum atomic E-state index is -1.66. The monoisotopic (exact) mass is 411 g/mol. The van der Waals surface area contributed by atoms with E-state index in [1.165, 1.54) is 16.3 Å². The van der Waals surface area contributed by atoms with Gasteiger partial charge in [-0.1, -0.05) is 11.8 Å². The number of amides is 1. The average Bonchev–Trinajstić information content (AvgIpc) is 3.16. The molecule has 0 aliphatic carbocycles. The zero-order valence-electron chi connectivity index (χ0n) is 15.1. The first-order valence-corrected chi connectivity index (χ1v) is 8.92. The van der Waals surface area contributed by atoms with E-state index in [0.29, 0.717) is 0 Å². The number of aromatic nitrogens is 5. The fourth-order valence-electron chi connectivity index (χ4n) is 2.39. The number of thioether (sulfide) groups is 1. The normalized spacial score (nSPS) is 12.2. The van der Waals surface area contributed by atoms with Gasteiger partial charge in [0, 0.05) is 5.69 Å². The predicted molar refractivity (Wildman–Crippen MR) is 97.0 cm³/mol. The number of nitrogen functional groups attached to an aromatic ring is 1. The Kier molecular flexibility index (Phi) is 5.31. The van der Waals surface area contributed by atoms with Crippen molar-refractivity contribution in [2.75, 3.05) is 11.2 Å². The first-order valence-electron chi connectivity index (χ1n) is 8.04. The first-order chi connectivity index (χ1) is 13.2. The summed E-state index contributed by atoms with van der Waals surface area (Å²) in [7, 11) is 0. The topological polar surface area (TPSA) is 104 Å². The summed E-state index contributed by atoms with van der Waals surface area (Å²) in [5.41, 5.74) is 1.11. The molecule has 0 spiro atoms. The van der Waals surface area contributed by atoms with Gasteiger partial charge >= 0.3 is 0 Å². The third-order valence-electron chi connectivity index (χ3n) is 3.79. The smallest absolute Gasteiger partial charge is 0.271 e. The lowest BCUT2D eigenvalue weighted by Crippen LogP contribution is -2.24. The number of aryl methyl sites for hydroxylation is 2. The second kappa shape index (κ2) is 7.54. The number of anilines is 1. The van der Waals surface area contributed by atoms with Gasteiger partial charge in [0.25, 0.3) is 5.95 Å². The maximum absolute atomic E-state index is 13.7. The number of benzene rings is 1. The van der Waals surface area contributed by atoms with E-state index in [4.69, 9.17) is 5.84 Å². The van der Waals surface area contributed by atoms with E-state index in [-0.39, 0.29) is 11.1 Å². The Labute approximate surface area is 161 Å². The maximum Gasteiger partial charge on any atom is 0.271 e. The molecule has 0 bridgehead atoms. The molecule has 3 N–H and O–H groups in total. The van der Waals surface area contributed by atoms with Crippen LogP contribution in [-0.4, -0.2) is 35.8 Å². The summed E-state index contributed by atoms with van der Waals surface area (Å²) in [5, 5.41) is 13.8. The highest BCUT2D eigenvalue weighted by atomic mass is 32.2. The molecule has 148 valence electrons. The van der Waals surface area contributed by atoms with Crippen LogP contribution in [0.15, 0.2) is 23.4 Å². The quantitative estimate of drug-likeness (QED) is 0.379. The Morgan fingerprint density at radius 1 is 1.21 bits per heavy atom. The molecule has 0 saturated heterocycles. The van der Waals surface area contributed by atoms with Gasteiger partial charge in [-0.15, -0.1) is 10.2 Å². The molecule has 0 aliphatic heterocycles. The molecule has 0 aliphatic rings. The van der Waals surface area contributed by atoms with Crippen molar-refractivity contribution in [3.05, 3.63) is 47.0 Å². The Morgan fingerprint density at radius 3 is 2.57 bits per heavy atom. The third-order valence-corrected chi connectivity index (χ3v) is 4.85. The molecule has 3 rings (SSSR count). The largest absolute Gasteiger partial charge is 0.334 e. The first kappa shape index (κ1) is 19.7. The summed E-state index contributed by atoms with van der Waals surface area (Å²) in [5.74, 6) is 1.14. The molecule has 3 aromatic rings. The Morgan fingerprint density at radius 2 is 1.93 bits per heavy atom. The van der Waals surface area contributed by atoms with Crippen LogP contribution in [0.3, 0.4) is 0 Å². The van der Waals surface area contributed by atoms with Crippen molar-refractivity contribution in [2.45, 2.75) is 31.2 Å². The third kappa shape index (κ3) is 3.67. The fourth-order valence-corrected chi connectivity index (χ4v) is 3.16. The number of halogens is 3. The molecule has 2 heterocycles. The highest BCUT2D eigenvalue weighted by molar-refractivity contribution is 8.00. The minimum Gasteiger partial charge on any atom is -0.334 e. The lowest BCUT2D eigenvalue weighted by Gasteiger charge is -2.12. The Balaban J connectivity index is 1.75. The van der Waals surface area contributed by atoms with Gasteiger partial charge in [-0.05, 0) is 39.0 Å². The Bertz CT molecular complexity index is 1050. The summed E-state index contributed by atoms with van der Waals surface area (Å²) in [6.07, 6.45) is 0. The van der Waals surface area contributed by atoms with E-state index in [9.17, 15) is 18.0 Å². The van der Waals surface area contributed by atoms with E-state index >= 15 is 0 Å². The summed E-state index contributed by atoms with van der Waals surface area (Å²) < 4.78 is 42.7. The molecule has 0 radical (unpaired) electrons. The SMILES string of the molecule is Cc1cc(C)n(-c2nnc(S[C@@H](C)C(=O)Nc3ccc(F)c(F)c3F)n2N)n1.